The van der Waals surface area contributed by atoms with Crippen molar-refractivity contribution in [3.63, 3.8) is 0 Å². The van der Waals surface area contributed by atoms with Crippen molar-refractivity contribution >= 4 is 41.3 Å². The Morgan fingerprint density at radius 3 is 2.77 bits per heavy atom. The van der Waals surface area contributed by atoms with Crippen LogP contribution in [0.5, 0.6) is 0 Å². The van der Waals surface area contributed by atoms with Crippen LogP contribution in [0, 0.1) is 12.8 Å². The minimum atomic E-state index is 0. The molecule has 0 spiro atoms. The maximum atomic E-state index is 5.91. The number of ether oxygens (including phenoxy) is 1. The molecule has 3 rings (SSSR count). The predicted molar refractivity (Wildman–Crippen MR) is 120 cm³/mol. The van der Waals surface area contributed by atoms with Gasteiger partial charge in [-0.05, 0) is 31.0 Å². The number of hydrogen-bond donors (Lipinski definition) is 1. The van der Waals surface area contributed by atoms with Gasteiger partial charge in [-0.2, -0.15) is 0 Å². The van der Waals surface area contributed by atoms with Crippen LogP contribution in [0.25, 0.3) is 0 Å². The lowest BCUT2D eigenvalue weighted by molar-refractivity contribution is 0.0906. The van der Waals surface area contributed by atoms with Gasteiger partial charge in [0.05, 0.1) is 19.8 Å². The number of hydrogen-bond acceptors (Lipinski definition) is 3. The summed E-state index contributed by atoms with van der Waals surface area (Å²) in [5, 5.41) is 3.49. The first-order valence-electron chi connectivity index (χ1n) is 8.87. The highest BCUT2D eigenvalue weighted by atomic mass is 127. The first-order valence-corrected chi connectivity index (χ1v) is 9.69. The molecule has 1 fully saturated rings. The highest BCUT2D eigenvalue weighted by Crippen LogP contribution is 2.18. The molecule has 1 N–H and O–H groups in total. The molecule has 1 aromatic carbocycles. The van der Waals surface area contributed by atoms with E-state index < -0.39 is 0 Å². The van der Waals surface area contributed by atoms with Gasteiger partial charge in [0.1, 0.15) is 0 Å². The van der Waals surface area contributed by atoms with Crippen molar-refractivity contribution in [1.82, 2.24) is 10.2 Å². The molecular formula is C20H28IN3OS. The molecule has 1 atom stereocenters. The Labute approximate surface area is 177 Å². The summed E-state index contributed by atoms with van der Waals surface area (Å²) in [7, 11) is 1.86. The molecule has 26 heavy (non-hydrogen) atoms. The summed E-state index contributed by atoms with van der Waals surface area (Å²) in [6.45, 7) is 6.55. The van der Waals surface area contributed by atoms with E-state index in [1.165, 1.54) is 15.3 Å². The van der Waals surface area contributed by atoms with Gasteiger partial charge in [-0.15, -0.1) is 35.3 Å². The molecule has 1 aromatic heterocycles. The van der Waals surface area contributed by atoms with E-state index in [-0.39, 0.29) is 24.0 Å². The minimum absolute atomic E-state index is 0. The van der Waals surface area contributed by atoms with E-state index >= 15 is 0 Å². The monoisotopic (exact) mass is 485 g/mol. The Morgan fingerprint density at radius 1 is 1.27 bits per heavy atom. The molecule has 0 radical (unpaired) electrons. The van der Waals surface area contributed by atoms with Crippen molar-refractivity contribution < 1.29 is 4.74 Å². The highest BCUT2D eigenvalue weighted by molar-refractivity contribution is 14.0. The standard InChI is InChI=1S/C20H27N3OS.HI/c1-16-8-9-19(25-16)12-22-20(21-2)23-11-10-18(13-23)15-24-14-17-6-4-3-5-7-17;/h3-9,18H,10-15H2,1-2H3,(H,21,22);1H. The lowest BCUT2D eigenvalue weighted by atomic mass is 10.1. The molecule has 4 nitrogen and oxygen atoms in total. The number of guanidine groups is 1. The third-order valence-corrected chi connectivity index (χ3v) is 5.48. The molecule has 142 valence electrons. The largest absolute Gasteiger partial charge is 0.376 e. The van der Waals surface area contributed by atoms with Crippen LogP contribution in [0.3, 0.4) is 0 Å². The normalized spacial score (nSPS) is 17.2. The summed E-state index contributed by atoms with van der Waals surface area (Å²) in [6, 6.07) is 14.7. The quantitative estimate of drug-likeness (QED) is 0.377. The zero-order chi connectivity index (χ0) is 17.5. The Kier molecular flexibility index (Phi) is 8.87. The number of benzene rings is 1. The Hall–Kier alpha value is -1.12. The van der Waals surface area contributed by atoms with E-state index in [4.69, 9.17) is 4.74 Å². The van der Waals surface area contributed by atoms with Gasteiger partial charge in [-0.3, -0.25) is 4.99 Å². The van der Waals surface area contributed by atoms with Gasteiger partial charge < -0.3 is 15.0 Å². The Morgan fingerprint density at radius 2 is 2.08 bits per heavy atom. The van der Waals surface area contributed by atoms with Crippen LogP contribution < -0.4 is 5.32 Å². The topological polar surface area (TPSA) is 36.9 Å². The van der Waals surface area contributed by atoms with Crippen molar-refractivity contribution in [3.8, 4) is 0 Å². The van der Waals surface area contributed by atoms with Crippen LogP contribution in [0.2, 0.25) is 0 Å². The summed E-state index contributed by atoms with van der Waals surface area (Å²) in [4.78, 5) is 9.49. The van der Waals surface area contributed by atoms with E-state index in [0.717, 1.165) is 38.6 Å². The van der Waals surface area contributed by atoms with Crippen LogP contribution in [-0.2, 0) is 17.9 Å². The number of likely N-dealkylation sites (tertiary alicyclic amines) is 1. The molecule has 1 aliphatic heterocycles. The van der Waals surface area contributed by atoms with Crippen LogP contribution in [0.15, 0.2) is 47.5 Å². The lowest BCUT2D eigenvalue weighted by Crippen LogP contribution is -2.39. The van der Waals surface area contributed by atoms with Gasteiger partial charge in [0.25, 0.3) is 0 Å². The van der Waals surface area contributed by atoms with E-state index in [1.807, 2.05) is 24.5 Å². The van der Waals surface area contributed by atoms with Gasteiger partial charge in [-0.25, -0.2) is 0 Å². The molecule has 2 heterocycles. The lowest BCUT2D eigenvalue weighted by Gasteiger charge is -2.21. The average Bonchev–Trinajstić information content (AvgIpc) is 3.26. The second kappa shape index (κ2) is 10.9. The van der Waals surface area contributed by atoms with Crippen molar-refractivity contribution in [2.45, 2.75) is 26.5 Å². The molecule has 1 unspecified atom stereocenters. The number of halogens is 1. The maximum Gasteiger partial charge on any atom is 0.193 e. The second-order valence-corrected chi connectivity index (χ2v) is 7.89. The van der Waals surface area contributed by atoms with Crippen LogP contribution in [0.1, 0.15) is 21.7 Å². The first-order chi connectivity index (χ1) is 12.2. The number of aryl methyl sites for hydroxylation is 1. The molecule has 0 amide bonds. The first kappa shape index (κ1) is 21.2. The fraction of sp³-hybridized carbons (Fsp3) is 0.450. The Balaban J connectivity index is 0.00000243. The second-order valence-electron chi connectivity index (χ2n) is 6.51. The zero-order valence-corrected chi connectivity index (χ0v) is 18.6. The summed E-state index contributed by atoms with van der Waals surface area (Å²) in [5.41, 5.74) is 1.24. The Bertz CT molecular complexity index is 689. The fourth-order valence-electron chi connectivity index (χ4n) is 3.16. The summed E-state index contributed by atoms with van der Waals surface area (Å²) in [6.07, 6.45) is 1.16. The molecule has 2 aromatic rings. The van der Waals surface area contributed by atoms with E-state index in [0.29, 0.717) is 12.5 Å². The highest BCUT2D eigenvalue weighted by Gasteiger charge is 2.24. The third kappa shape index (κ3) is 6.25. The maximum absolute atomic E-state index is 5.91. The van der Waals surface area contributed by atoms with Gasteiger partial charge in [0.2, 0.25) is 0 Å². The van der Waals surface area contributed by atoms with E-state index in [9.17, 15) is 0 Å². The van der Waals surface area contributed by atoms with Crippen LogP contribution >= 0.6 is 35.3 Å². The summed E-state index contributed by atoms with van der Waals surface area (Å²) >= 11 is 1.84. The van der Waals surface area contributed by atoms with Crippen molar-refractivity contribution in [2.75, 3.05) is 26.7 Å². The molecule has 0 saturated carbocycles. The molecule has 1 aliphatic rings. The van der Waals surface area contributed by atoms with Crippen LogP contribution in [0.4, 0.5) is 0 Å². The van der Waals surface area contributed by atoms with Crippen molar-refractivity contribution in [3.05, 3.63) is 57.8 Å². The summed E-state index contributed by atoms with van der Waals surface area (Å²) in [5.74, 6) is 1.57. The number of aliphatic imine (C=N–C) groups is 1. The zero-order valence-electron chi connectivity index (χ0n) is 15.5. The predicted octanol–water partition coefficient (Wildman–Crippen LogP) is 4.29. The molecule has 6 heteroatoms. The molecule has 0 aliphatic carbocycles. The average molecular weight is 485 g/mol. The van der Waals surface area contributed by atoms with E-state index in [2.05, 4.69) is 58.5 Å². The minimum Gasteiger partial charge on any atom is -0.376 e. The van der Waals surface area contributed by atoms with E-state index in [1.54, 1.807) is 0 Å². The smallest absolute Gasteiger partial charge is 0.193 e. The van der Waals surface area contributed by atoms with Crippen molar-refractivity contribution in [2.24, 2.45) is 10.9 Å². The van der Waals surface area contributed by atoms with Crippen molar-refractivity contribution in [1.29, 1.82) is 0 Å². The number of nitrogens with zero attached hydrogens (tertiary/aromatic N) is 2. The number of nitrogens with one attached hydrogen (secondary N) is 1. The molecule has 1 saturated heterocycles. The SMILES string of the molecule is CN=C(NCc1ccc(C)s1)N1CCC(COCc2ccccc2)C1.I. The van der Waals surface area contributed by atoms with Crippen LogP contribution in [-0.4, -0.2) is 37.6 Å². The van der Waals surface area contributed by atoms with Gasteiger partial charge in [0, 0.05) is 35.8 Å². The number of rotatable bonds is 6. The number of thiophene rings is 1. The molecular weight excluding hydrogens is 457 g/mol. The summed E-state index contributed by atoms with van der Waals surface area (Å²) < 4.78 is 5.91. The third-order valence-electron chi connectivity index (χ3n) is 4.48. The molecule has 0 bridgehead atoms. The van der Waals surface area contributed by atoms with Gasteiger partial charge >= 0.3 is 0 Å². The fourth-order valence-corrected chi connectivity index (χ4v) is 3.99. The van der Waals surface area contributed by atoms with Gasteiger partial charge in [0.15, 0.2) is 5.96 Å². The van der Waals surface area contributed by atoms with Gasteiger partial charge in [-0.1, -0.05) is 30.3 Å².